The average Bonchev–Trinajstić information content (AvgIpc) is 3.02. The zero-order valence-corrected chi connectivity index (χ0v) is 24.2. The Hall–Kier alpha value is -3.84. The van der Waals surface area contributed by atoms with Crippen molar-refractivity contribution in [2.24, 2.45) is 5.92 Å². The number of alkyl halides is 3. The fraction of sp³-hybridized carbons (Fsp3) is 0.361. The van der Waals surface area contributed by atoms with Crippen LogP contribution < -0.4 is 9.64 Å². The van der Waals surface area contributed by atoms with Gasteiger partial charge in [0.2, 0.25) is 0 Å². The van der Waals surface area contributed by atoms with Gasteiger partial charge in [-0.15, -0.1) is 0 Å². The van der Waals surface area contributed by atoms with Gasteiger partial charge in [0.15, 0.2) is 5.78 Å². The van der Waals surface area contributed by atoms with Crippen LogP contribution in [-0.4, -0.2) is 43.0 Å². The van der Waals surface area contributed by atoms with Gasteiger partial charge in [0.05, 0.1) is 5.56 Å². The molecule has 0 unspecified atom stereocenters. The molecule has 43 heavy (non-hydrogen) atoms. The number of rotatable bonds is 8. The molecule has 0 aliphatic carbocycles. The molecule has 2 aliphatic heterocycles. The summed E-state index contributed by atoms with van der Waals surface area (Å²) in [6, 6.07) is 27.8. The smallest absolute Gasteiger partial charge is 0.416 e. The lowest BCUT2D eigenvalue weighted by Crippen LogP contribution is -2.38. The highest BCUT2D eigenvalue weighted by Gasteiger charge is 2.30. The van der Waals surface area contributed by atoms with E-state index in [1.165, 1.54) is 5.56 Å². The summed E-state index contributed by atoms with van der Waals surface area (Å²) in [6.07, 6.45) is -0.00112. The summed E-state index contributed by atoms with van der Waals surface area (Å²) in [4.78, 5) is 17.7. The van der Waals surface area contributed by atoms with E-state index in [-0.39, 0.29) is 11.9 Å². The zero-order valence-electron chi connectivity index (χ0n) is 24.2. The third-order valence-corrected chi connectivity index (χ3v) is 8.87. The number of anilines is 1. The Labute approximate surface area is 251 Å². The molecule has 2 heterocycles. The van der Waals surface area contributed by atoms with Crippen LogP contribution in [0.25, 0.3) is 10.8 Å². The Kier molecular flexibility index (Phi) is 8.70. The van der Waals surface area contributed by atoms with Crippen molar-refractivity contribution in [3.05, 3.63) is 108 Å². The molecule has 0 radical (unpaired) electrons. The molecule has 0 aromatic heterocycles. The van der Waals surface area contributed by atoms with Gasteiger partial charge in [0.25, 0.3) is 0 Å². The average molecular weight is 587 g/mol. The molecule has 0 bridgehead atoms. The summed E-state index contributed by atoms with van der Waals surface area (Å²) in [5, 5.41) is 2.05. The van der Waals surface area contributed by atoms with Gasteiger partial charge in [-0.05, 0) is 90.6 Å². The molecule has 0 saturated carbocycles. The molecule has 0 spiro atoms. The van der Waals surface area contributed by atoms with Gasteiger partial charge < -0.3 is 9.64 Å². The van der Waals surface area contributed by atoms with E-state index < -0.39 is 11.7 Å². The molecule has 7 heteroatoms. The van der Waals surface area contributed by atoms with Gasteiger partial charge in [-0.3, -0.25) is 9.69 Å². The maximum Gasteiger partial charge on any atom is 0.416 e. The van der Waals surface area contributed by atoms with Crippen molar-refractivity contribution >= 4 is 22.2 Å². The highest BCUT2D eigenvalue weighted by atomic mass is 19.4. The van der Waals surface area contributed by atoms with Crippen molar-refractivity contribution < 1.29 is 22.7 Å². The fourth-order valence-corrected chi connectivity index (χ4v) is 6.33. The van der Waals surface area contributed by atoms with Gasteiger partial charge in [-0.2, -0.15) is 13.2 Å². The number of piperidine rings is 2. The normalized spacial score (nSPS) is 17.3. The third kappa shape index (κ3) is 7.39. The molecule has 2 saturated heterocycles. The number of ether oxygens (including phenoxy) is 1. The van der Waals surface area contributed by atoms with Crippen LogP contribution in [-0.2, 0) is 12.7 Å². The minimum absolute atomic E-state index is 0.0445. The number of hydrogen-bond donors (Lipinski definition) is 0. The summed E-state index contributed by atoms with van der Waals surface area (Å²) >= 11 is 0. The minimum Gasteiger partial charge on any atom is -0.490 e. The fourth-order valence-electron chi connectivity index (χ4n) is 6.33. The summed E-state index contributed by atoms with van der Waals surface area (Å²) in [7, 11) is 0. The van der Waals surface area contributed by atoms with E-state index >= 15 is 0 Å². The first-order valence-corrected chi connectivity index (χ1v) is 15.2. The Morgan fingerprint density at radius 3 is 2.14 bits per heavy atom. The number of carbonyl (C=O) groups excluding carboxylic acids is 1. The molecule has 4 nitrogen and oxygen atoms in total. The summed E-state index contributed by atoms with van der Waals surface area (Å²) < 4.78 is 44.9. The molecule has 4 aromatic rings. The quantitative estimate of drug-likeness (QED) is 0.194. The zero-order chi connectivity index (χ0) is 29.8. The van der Waals surface area contributed by atoms with E-state index in [1.807, 2.05) is 42.5 Å². The Balaban J connectivity index is 0.987. The highest BCUT2D eigenvalue weighted by molar-refractivity contribution is 6.00. The lowest BCUT2D eigenvalue weighted by molar-refractivity contribution is -0.137. The van der Waals surface area contributed by atoms with Crippen LogP contribution in [0.5, 0.6) is 5.75 Å². The predicted molar refractivity (Wildman–Crippen MR) is 165 cm³/mol. The number of nitrogens with zero attached hydrogens (tertiary/aromatic N) is 2. The van der Waals surface area contributed by atoms with Crippen molar-refractivity contribution in [1.29, 1.82) is 0 Å². The van der Waals surface area contributed by atoms with E-state index in [4.69, 9.17) is 4.74 Å². The minimum atomic E-state index is -4.32. The first-order chi connectivity index (χ1) is 20.8. The van der Waals surface area contributed by atoms with Crippen molar-refractivity contribution in [1.82, 2.24) is 4.90 Å². The lowest BCUT2D eigenvalue weighted by Gasteiger charge is -2.34. The number of benzene rings is 4. The molecular formula is C36H37F3N2O2. The van der Waals surface area contributed by atoms with Crippen LogP contribution in [0.2, 0.25) is 0 Å². The van der Waals surface area contributed by atoms with Crippen LogP contribution in [0.1, 0.15) is 53.6 Å². The number of Topliss-reactive ketones (excluding diaryl/α,β-unsaturated/α-hetero) is 1. The maximum absolute atomic E-state index is 13.2. The van der Waals surface area contributed by atoms with Gasteiger partial charge in [-0.25, -0.2) is 0 Å². The second-order valence-corrected chi connectivity index (χ2v) is 11.9. The van der Waals surface area contributed by atoms with Gasteiger partial charge >= 0.3 is 6.18 Å². The molecule has 6 rings (SSSR count). The number of fused-ring (bicyclic) bond motifs is 1. The summed E-state index contributed by atoms with van der Waals surface area (Å²) in [5.74, 6) is 1.43. The van der Waals surface area contributed by atoms with Crippen LogP contribution in [0, 0.1) is 5.92 Å². The number of ketones is 1. The monoisotopic (exact) mass is 586 g/mol. The standard InChI is InChI=1S/C36H37F3N2O2/c37-36(38,39)31-9-11-32(12-10-31)41-20-16-33(17-21-41)43-34-13-8-28-23-30(7-6-29(28)24-34)35(42)22-26-14-18-40(19-15-26)25-27-4-2-1-3-5-27/h1-13,23-24,26,33H,14-22,25H2. The number of hydrogen-bond acceptors (Lipinski definition) is 4. The van der Waals surface area contributed by atoms with Crippen molar-refractivity contribution in [2.45, 2.75) is 50.9 Å². The molecule has 224 valence electrons. The summed E-state index contributed by atoms with van der Waals surface area (Å²) in [6.45, 7) is 4.48. The Morgan fingerprint density at radius 2 is 1.44 bits per heavy atom. The molecule has 0 atom stereocenters. The van der Waals surface area contributed by atoms with E-state index in [0.717, 1.165) is 98.3 Å². The molecule has 4 aromatic carbocycles. The summed E-state index contributed by atoms with van der Waals surface area (Å²) in [5.41, 5.74) is 2.28. The predicted octanol–water partition coefficient (Wildman–Crippen LogP) is 8.39. The molecule has 0 amide bonds. The van der Waals surface area contributed by atoms with Crippen LogP contribution in [0.3, 0.4) is 0 Å². The Bertz CT molecular complexity index is 1520. The molecular weight excluding hydrogens is 549 g/mol. The van der Waals surface area contributed by atoms with Crippen molar-refractivity contribution in [3.63, 3.8) is 0 Å². The van der Waals surface area contributed by atoms with E-state index in [0.29, 0.717) is 12.3 Å². The van der Waals surface area contributed by atoms with Crippen LogP contribution in [0.15, 0.2) is 91.0 Å². The lowest BCUT2D eigenvalue weighted by atomic mass is 9.89. The van der Waals surface area contributed by atoms with E-state index in [1.54, 1.807) is 12.1 Å². The first kappa shape index (κ1) is 29.2. The van der Waals surface area contributed by atoms with E-state index in [2.05, 4.69) is 34.1 Å². The number of carbonyl (C=O) groups is 1. The van der Waals surface area contributed by atoms with Gasteiger partial charge in [0.1, 0.15) is 11.9 Å². The van der Waals surface area contributed by atoms with Crippen molar-refractivity contribution in [2.75, 3.05) is 31.1 Å². The van der Waals surface area contributed by atoms with Crippen LogP contribution in [0.4, 0.5) is 18.9 Å². The number of likely N-dealkylation sites (tertiary alicyclic amines) is 1. The van der Waals surface area contributed by atoms with Gasteiger partial charge in [-0.1, -0.05) is 48.5 Å². The molecule has 2 fully saturated rings. The number of halogens is 3. The second-order valence-electron chi connectivity index (χ2n) is 11.9. The first-order valence-electron chi connectivity index (χ1n) is 15.2. The van der Waals surface area contributed by atoms with Crippen molar-refractivity contribution in [3.8, 4) is 5.75 Å². The largest absolute Gasteiger partial charge is 0.490 e. The SMILES string of the molecule is O=C(CC1CCN(Cc2ccccc2)CC1)c1ccc2cc(OC3CCN(c4ccc(C(F)(F)F)cc4)CC3)ccc2c1. The van der Waals surface area contributed by atoms with Gasteiger partial charge in [0, 0.05) is 50.1 Å². The second kappa shape index (κ2) is 12.8. The topological polar surface area (TPSA) is 32.8 Å². The third-order valence-electron chi connectivity index (χ3n) is 8.87. The maximum atomic E-state index is 13.2. The Morgan fingerprint density at radius 1 is 0.767 bits per heavy atom. The molecule has 2 aliphatic rings. The highest BCUT2D eigenvalue weighted by Crippen LogP contribution is 2.32. The molecule has 0 N–H and O–H groups in total. The van der Waals surface area contributed by atoms with Crippen LogP contribution >= 0.6 is 0 Å². The van der Waals surface area contributed by atoms with E-state index in [9.17, 15) is 18.0 Å².